The Bertz CT molecular complexity index is 705. The van der Waals surface area contributed by atoms with E-state index in [9.17, 15) is 4.39 Å². The lowest BCUT2D eigenvalue weighted by Gasteiger charge is -2.31. The van der Waals surface area contributed by atoms with Crippen LogP contribution in [0, 0.1) is 5.82 Å². The van der Waals surface area contributed by atoms with Crippen LogP contribution in [0.15, 0.2) is 39.9 Å². The molecule has 0 bridgehead atoms. The smallest absolute Gasteiger partial charge is 0.226 e. The molecule has 1 aromatic carbocycles. The van der Waals surface area contributed by atoms with Crippen molar-refractivity contribution in [3.8, 4) is 11.5 Å². The third-order valence-electron chi connectivity index (χ3n) is 3.85. The quantitative estimate of drug-likeness (QED) is 0.432. The van der Waals surface area contributed by atoms with Gasteiger partial charge in [0.2, 0.25) is 5.89 Å². The van der Waals surface area contributed by atoms with Crippen LogP contribution < -0.4 is 5.73 Å². The number of morpholine rings is 1. The molecule has 2 aromatic rings. The summed E-state index contributed by atoms with van der Waals surface area (Å²) in [7, 11) is 0. The van der Waals surface area contributed by atoms with Crippen LogP contribution in [0.3, 0.4) is 0 Å². The fourth-order valence-electron chi connectivity index (χ4n) is 2.56. The second-order valence-corrected chi connectivity index (χ2v) is 5.77. The van der Waals surface area contributed by atoms with Gasteiger partial charge in [-0.15, -0.1) is 24.0 Å². The lowest BCUT2D eigenvalue weighted by Crippen LogP contribution is -2.47. The van der Waals surface area contributed by atoms with Gasteiger partial charge in [0.25, 0.3) is 0 Å². The van der Waals surface area contributed by atoms with Crippen LogP contribution in [0.25, 0.3) is 11.5 Å². The van der Waals surface area contributed by atoms with Gasteiger partial charge < -0.3 is 19.8 Å². The molecule has 3 rings (SSSR count). The topological polar surface area (TPSA) is 76.9 Å². The summed E-state index contributed by atoms with van der Waals surface area (Å²) in [6, 6.07) is 6.04. The number of nitrogens with two attached hydrogens (primary N) is 1. The Balaban J connectivity index is 0.00000225. The number of nitrogens with zero attached hydrogens (tertiary/aromatic N) is 3. The molecule has 0 aliphatic carbocycles. The van der Waals surface area contributed by atoms with Crippen molar-refractivity contribution in [3.63, 3.8) is 0 Å². The summed E-state index contributed by atoms with van der Waals surface area (Å²) in [5, 5.41) is 0. The highest BCUT2D eigenvalue weighted by molar-refractivity contribution is 14.0. The van der Waals surface area contributed by atoms with Crippen LogP contribution >= 0.6 is 24.0 Å². The molecule has 25 heavy (non-hydrogen) atoms. The van der Waals surface area contributed by atoms with Crippen molar-refractivity contribution in [2.45, 2.75) is 19.4 Å². The van der Waals surface area contributed by atoms with Crippen LogP contribution in [-0.4, -0.2) is 48.2 Å². The molecule has 1 aliphatic heterocycles. The van der Waals surface area contributed by atoms with E-state index < -0.39 is 0 Å². The van der Waals surface area contributed by atoms with Gasteiger partial charge in [-0.1, -0.05) is 0 Å². The summed E-state index contributed by atoms with van der Waals surface area (Å²) in [6.45, 7) is 4.74. The molecule has 2 heterocycles. The molecule has 1 aromatic heterocycles. The Morgan fingerprint density at radius 2 is 2.16 bits per heavy atom. The summed E-state index contributed by atoms with van der Waals surface area (Å²) in [6.07, 6.45) is 2.40. The first-order valence-corrected chi connectivity index (χ1v) is 7.98. The fourth-order valence-corrected chi connectivity index (χ4v) is 2.56. The van der Waals surface area contributed by atoms with E-state index >= 15 is 0 Å². The number of guanidine groups is 1. The molecule has 1 fully saturated rings. The van der Waals surface area contributed by atoms with Crippen molar-refractivity contribution in [1.82, 2.24) is 9.88 Å². The Labute approximate surface area is 163 Å². The SMILES string of the molecule is CC1CN(C(N)=NCCc2coc(-c3ccc(F)cc3)n2)CCO1.I. The predicted octanol–water partition coefficient (Wildman–Crippen LogP) is 2.68. The molecule has 8 heteroatoms. The molecular weight excluding hydrogens is 438 g/mol. The van der Waals surface area contributed by atoms with Crippen molar-refractivity contribution in [3.05, 3.63) is 42.0 Å². The zero-order chi connectivity index (χ0) is 16.9. The van der Waals surface area contributed by atoms with Crippen LogP contribution in [0.5, 0.6) is 0 Å². The van der Waals surface area contributed by atoms with Crippen molar-refractivity contribution >= 4 is 29.9 Å². The average Bonchev–Trinajstić information content (AvgIpc) is 3.04. The van der Waals surface area contributed by atoms with Gasteiger partial charge in [-0.3, -0.25) is 4.99 Å². The highest BCUT2D eigenvalue weighted by Gasteiger charge is 2.17. The predicted molar refractivity (Wildman–Crippen MR) is 104 cm³/mol. The van der Waals surface area contributed by atoms with E-state index in [0.29, 0.717) is 31.4 Å². The first-order valence-electron chi connectivity index (χ1n) is 7.98. The van der Waals surface area contributed by atoms with E-state index in [2.05, 4.69) is 9.98 Å². The number of hydrogen-bond acceptors (Lipinski definition) is 4. The summed E-state index contributed by atoms with van der Waals surface area (Å²) >= 11 is 0. The van der Waals surface area contributed by atoms with Gasteiger partial charge in [0.05, 0.1) is 18.4 Å². The van der Waals surface area contributed by atoms with Gasteiger partial charge in [-0.2, -0.15) is 0 Å². The third kappa shape index (κ3) is 5.40. The van der Waals surface area contributed by atoms with E-state index in [1.807, 2.05) is 11.8 Å². The molecule has 1 atom stereocenters. The molecule has 6 nitrogen and oxygen atoms in total. The lowest BCUT2D eigenvalue weighted by atomic mass is 10.2. The summed E-state index contributed by atoms with van der Waals surface area (Å²) in [5.74, 6) is 0.726. The maximum Gasteiger partial charge on any atom is 0.226 e. The standard InChI is InChI=1S/C17H21FN4O2.HI/c1-12-10-22(8-9-23-12)17(19)20-7-6-15-11-24-16(21-15)13-2-4-14(18)5-3-13;/h2-5,11-12H,6-10H2,1H3,(H2,19,20);1H. The monoisotopic (exact) mass is 460 g/mol. The van der Waals surface area contributed by atoms with E-state index in [4.69, 9.17) is 14.9 Å². The van der Waals surface area contributed by atoms with Crippen molar-refractivity contribution < 1.29 is 13.5 Å². The van der Waals surface area contributed by atoms with Gasteiger partial charge in [0.15, 0.2) is 5.96 Å². The minimum Gasteiger partial charge on any atom is -0.444 e. The molecule has 0 spiro atoms. The number of benzene rings is 1. The number of halogens is 2. The fraction of sp³-hybridized carbons (Fsp3) is 0.412. The molecule has 0 radical (unpaired) electrons. The summed E-state index contributed by atoms with van der Waals surface area (Å²) in [5.41, 5.74) is 7.56. The maximum atomic E-state index is 12.9. The normalized spacial score (nSPS) is 18.1. The van der Waals surface area contributed by atoms with Gasteiger partial charge in [-0.05, 0) is 31.2 Å². The minimum atomic E-state index is -0.284. The highest BCUT2D eigenvalue weighted by Crippen LogP contribution is 2.19. The van der Waals surface area contributed by atoms with Crippen molar-refractivity contribution in [1.29, 1.82) is 0 Å². The van der Waals surface area contributed by atoms with Crippen LogP contribution in [0.2, 0.25) is 0 Å². The van der Waals surface area contributed by atoms with Gasteiger partial charge >= 0.3 is 0 Å². The Morgan fingerprint density at radius 3 is 2.88 bits per heavy atom. The number of aliphatic imine (C=N–C) groups is 1. The first-order chi connectivity index (χ1) is 11.6. The van der Waals surface area contributed by atoms with Gasteiger partial charge in [-0.25, -0.2) is 9.37 Å². The third-order valence-corrected chi connectivity index (χ3v) is 3.85. The summed E-state index contributed by atoms with van der Waals surface area (Å²) in [4.78, 5) is 10.8. The maximum absolute atomic E-state index is 12.9. The second kappa shape index (κ2) is 9.14. The molecule has 0 saturated carbocycles. The molecule has 2 N–H and O–H groups in total. The second-order valence-electron chi connectivity index (χ2n) is 5.77. The van der Waals surface area contributed by atoms with Crippen molar-refractivity contribution in [2.24, 2.45) is 10.7 Å². The molecule has 1 saturated heterocycles. The van der Waals surface area contributed by atoms with Gasteiger partial charge in [0, 0.05) is 31.6 Å². The Hall–Kier alpha value is -1.68. The largest absolute Gasteiger partial charge is 0.444 e. The van der Waals surface area contributed by atoms with Gasteiger partial charge in [0.1, 0.15) is 12.1 Å². The first kappa shape index (κ1) is 19.6. The number of hydrogen-bond donors (Lipinski definition) is 1. The van der Waals surface area contributed by atoms with E-state index in [1.165, 1.54) is 12.1 Å². The molecule has 1 unspecified atom stereocenters. The summed E-state index contributed by atoms with van der Waals surface area (Å²) < 4.78 is 23.9. The van der Waals surface area contributed by atoms with Crippen LogP contribution in [0.4, 0.5) is 4.39 Å². The molecule has 136 valence electrons. The number of ether oxygens (including phenoxy) is 1. The average molecular weight is 460 g/mol. The van der Waals surface area contributed by atoms with Crippen molar-refractivity contribution in [2.75, 3.05) is 26.2 Å². The number of rotatable bonds is 4. The molecule has 1 aliphatic rings. The van der Waals surface area contributed by atoms with Crippen LogP contribution in [0.1, 0.15) is 12.6 Å². The zero-order valence-corrected chi connectivity index (χ0v) is 16.4. The highest BCUT2D eigenvalue weighted by atomic mass is 127. The minimum absolute atomic E-state index is 0. The van der Waals surface area contributed by atoms with E-state index in [1.54, 1.807) is 18.4 Å². The van der Waals surface area contributed by atoms with E-state index in [-0.39, 0.29) is 35.9 Å². The molecular formula is C17H22FIN4O2. The Morgan fingerprint density at radius 1 is 1.40 bits per heavy atom. The van der Waals surface area contributed by atoms with E-state index in [0.717, 1.165) is 24.3 Å². The number of oxazole rings is 1. The Kier molecular flexibility index (Phi) is 7.18. The number of aromatic nitrogens is 1. The zero-order valence-electron chi connectivity index (χ0n) is 14.0. The molecule has 0 amide bonds. The van der Waals surface area contributed by atoms with Crippen LogP contribution in [-0.2, 0) is 11.2 Å². The lowest BCUT2D eigenvalue weighted by molar-refractivity contribution is 0.00530.